The first-order valence-electron chi connectivity index (χ1n) is 10.8. The molecule has 0 saturated carbocycles. The number of hydrogen-bond donors (Lipinski definition) is 0. The van der Waals surface area contributed by atoms with E-state index in [1.54, 1.807) is 40.3 Å². The maximum Gasteiger partial charge on any atom is 0.242 e. The van der Waals surface area contributed by atoms with E-state index in [0.717, 1.165) is 11.1 Å². The van der Waals surface area contributed by atoms with Crippen LogP contribution in [0.2, 0.25) is 0 Å². The minimum Gasteiger partial charge on any atom is -0.467 e. The van der Waals surface area contributed by atoms with Gasteiger partial charge in [0, 0.05) is 19.0 Å². The standard InChI is InChI=1S/C26H29FN2O3/c1-20(2)29(25(30)15-12-21-7-4-3-5-8-21)19-26(31)28(18-24-9-6-16-32-24)17-22-10-13-23(27)14-11-22/h3-11,13-14,16,20H,12,15,17-19H2,1-2H3. The molecule has 0 bridgehead atoms. The lowest BCUT2D eigenvalue weighted by Crippen LogP contribution is -2.45. The maximum absolute atomic E-state index is 13.3. The van der Waals surface area contributed by atoms with Crippen LogP contribution in [-0.4, -0.2) is 34.2 Å². The molecule has 168 valence electrons. The van der Waals surface area contributed by atoms with Crippen molar-refractivity contribution in [1.29, 1.82) is 0 Å². The first kappa shape index (κ1) is 23.3. The zero-order valence-electron chi connectivity index (χ0n) is 18.5. The third-order valence-electron chi connectivity index (χ3n) is 5.29. The Hall–Kier alpha value is -3.41. The number of amides is 2. The van der Waals surface area contributed by atoms with Gasteiger partial charge in [0.25, 0.3) is 0 Å². The number of furan rings is 1. The van der Waals surface area contributed by atoms with Crippen LogP contribution in [0.3, 0.4) is 0 Å². The summed E-state index contributed by atoms with van der Waals surface area (Å²) in [5.74, 6) is 0.0732. The monoisotopic (exact) mass is 436 g/mol. The molecule has 0 atom stereocenters. The van der Waals surface area contributed by atoms with Crippen molar-refractivity contribution in [3.8, 4) is 0 Å². The molecule has 0 N–H and O–H groups in total. The van der Waals surface area contributed by atoms with Crippen LogP contribution in [0.15, 0.2) is 77.4 Å². The number of carbonyl (C=O) groups is 2. The summed E-state index contributed by atoms with van der Waals surface area (Å²) < 4.78 is 18.7. The van der Waals surface area contributed by atoms with Crippen molar-refractivity contribution < 1.29 is 18.4 Å². The molecule has 0 aliphatic carbocycles. The van der Waals surface area contributed by atoms with Gasteiger partial charge in [-0.25, -0.2) is 4.39 Å². The molecule has 2 aromatic carbocycles. The Balaban J connectivity index is 1.69. The van der Waals surface area contributed by atoms with E-state index in [-0.39, 0.29) is 36.8 Å². The van der Waals surface area contributed by atoms with Crippen LogP contribution >= 0.6 is 0 Å². The highest BCUT2D eigenvalue weighted by molar-refractivity contribution is 5.85. The minimum atomic E-state index is -0.326. The number of nitrogens with zero attached hydrogens (tertiary/aromatic N) is 2. The van der Waals surface area contributed by atoms with Crippen LogP contribution < -0.4 is 0 Å². The predicted molar refractivity (Wildman–Crippen MR) is 121 cm³/mol. The first-order valence-corrected chi connectivity index (χ1v) is 10.8. The van der Waals surface area contributed by atoms with Gasteiger partial charge in [0.05, 0.1) is 19.4 Å². The number of halogens is 1. The average Bonchev–Trinajstić information content (AvgIpc) is 3.30. The van der Waals surface area contributed by atoms with Crippen molar-refractivity contribution in [3.63, 3.8) is 0 Å². The second kappa shape index (κ2) is 11.3. The van der Waals surface area contributed by atoms with Crippen molar-refractivity contribution in [1.82, 2.24) is 9.80 Å². The van der Waals surface area contributed by atoms with Gasteiger partial charge in [-0.1, -0.05) is 42.5 Å². The molecular formula is C26H29FN2O3. The lowest BCUT2D eigenvalue weighted by atomic mass is 10.1. The van der Waals surface area contributed by atoms with Crippen molar-refractivity contribution in [2.45, 2.75) is 45.8 Å². The van der Waals surface area contributed by atoms with Gasteiger partial charge in [-0.05, 0) is 55.7 Å². The third-order valence-corrected chi connectivity index (χ3v) is 5.29. The topological polar surface area (TPSA) is 53.8 Å². The number of aryl methyl sites for hydroxylation is 1. The van der Waals surface area contributed by atoms with E-state index in [0.29, 0.717) is 25.1 Å². The van der Waals surface area contributed by atoms with Crippen LogP contribution in [0.25, 0.3) is 0 Å². The summed E-state index contributed by atoms with van der Waals surface area (Å²) in [5.41, 5.74) is 1.89. The number of benzene rings is 2. The van der Waals surface area contributed by atoms with E-state index in [2.05, 4.69) is 0 Å². The second-order valence-electron chi connectivity index (χ2n) is 8.06. The lowest BCUT2D eigenvalue weighted by Gasteiger charge is -2.30. The Morgan fingerprint density at radius 1 is 0.875 bits per heavy atom. The highest BCUT2D eigenvalue weighted by Gasteiger charge is 2.24. The van der Waals surface area contributed by atoms with Crippen LogP contribution in [0.1, 0.15) is 37.2 Å². The molecule has 0 radical (unpaired) electrons. The molecule has 0 fully saturated rings. The molecule has 0 unspecified atom stereocenters. The molecule has 1 heterocycles. The van der Waals surface area contributed by atoms with Crippen LogP contribution in [0.5, 0.6) is 0 Å². The molecule has 0 aliphatic heterocycles. The fourth-order valence-electron chi connectivity index (χ4n) is 3.48. The first-order chi connectivity index (χ1) is 15.4. The Morgan fingerprint density at radius 3 is 2.22 bits per heavy atom. The van der Waals surface area contributed by atoms with Gasteiger partial charge < -0.3 is 14.2 Å². The van der Waals surface area contributed by atoms with E-state index >= 15 is 0 Å². The van der Waals surface area contributed by atoms with Gasteiger partial charge in [-0.15, -0.1) is 0 Å². The van der Waals surface area contributed by atoms with Gasteiger partial charge >= 0.3 is 0 Å². The number of rotatable bonds is 10. The van der Waals surface area contributed by atoms with Crippen molar-refractivity contribution in [3.05, 3.63) is 95.7 Å². The Kier molecular flexibility index (Phi) is 8.20. The highest BCUT2D eigenvalue weighted by atomic mass is 19.1. The largest absolute Gasteiger partial charge is 0.467 e. The van der Waals surface area contributed by atoms with Crippen LogP contribution in [0, 0.1) is 5.82 Å². The molecule has 6 heteroatoms. The van der Waals surface area contributed by atoms with Gasteiger partial charge in [0.2, 0.25) is 11.8 Å². The van der Waals surface area contributed by atoms with E-state index in [9.17, 15) is 14.0 Å². The van der Waals surface area contributed by atoms with E-state index in [1.807, 2.05) is 44.2 Å². The molecule has 2 amide bonds. The van der Waals surface area contributed by atoms with Gasteiger partial charge in [-0.2, -0.15) is 0 Å². The summed E-state index contributed by atoms with van der Waals surface area (Å²) in [4.78, 5) is 29.4. The Morgan fingerprint density at radius 2 is 1.59 bits per heavy atom. The summed E-state index contributed by atoms with van der Waals surface area (Å²) in [5, 5.41) is 0. The molecule has 5 nitrogen and oxygen atoms in total. The third kappa shape index (κ3) is 6.80. The SMILES string of the molecule is CC(C)N(CC(=O)N(Cc1ccc(F)cc1)Cc1ccco1)C(=O)CCc1ccccc1. The highest BCUT2D eigenvalue weighted by Crippen LogP contribution is 2.14. The molecule has 0 spiro atoms. The summed E-state index contributed by atoms with van der Waals surface area (Å²) in [6.45, 7) is 4.36. The molecule has 3 rings (SSSR count). The quantitative estimate of drug-likeness (QED) is 0.458. The predicted octanol–water partition coefficient (Wildman–Crippen LogP) is 4.82. The lowest BCUT2D eigenvalue weighted by molar-refractivity contribution is -0.142. The van der Waals surface area contributed by atoms with Crippen LogP contribution in [-0.2, 0) is 29.1 Å². The molecule has 0 aliphatic rings. The number of carbonyl (C=O) groups excluding carboxylic acids is 2. The van der Waals surface area contributed by atoms with Gasteiger partial charge in [-0.3, -0.25) is 9.59 Å². The maximum atomic E-state index is 13.3. The summed E-state index contributed by atoms with van der Waals surface area (Å²) in [6.07, 6.45) is 2.53. The van der Waals surface area contributed by atoms with E-state index in [4.69, 9.17) is 4.42 Å². The Bertz CT molecular complexity index is 986. The van der Waals surface area contributed by atoms with Crippen LogP contribution in [0.4, 0.5) is 4.39 Å². The van der Waals surface area contributed by atoms with Gasteiger partial charge in [0.15, 0.2) is 0 Å². The van der Waals surface area contributed by atoms with Crippen molar-refractivity contribution in [2.75, 3.05) is 6.54 Å². The molecule has 32 heavy (non-hydrogen) atoms. The fraction of sp³-hybridized carbons (Fsp3) is 0.308. The molecular weight excluding hydrogens is 407 g/mol. The minimum absolute atomic E-state index is 0.0206. The zero-order chi connectivity index (χ0) is 22.9. The second-order valence-corrected chi connectivity index (χ2v) is 8.06. The normalized spacial score (nSPS) is 10.9. The smallest absolute Gasteiger partial charge is 0.242 e. The average molecular weight is 437 g/mol. The van der Waals surface area contributed by atoms with E-state index in [1.165, 1.54) is 12.1 Å². The molecule has 3 aromatic rings. The van der Waals surface area contributed by atoms with Crippen molar-refractivity contribution >= 4 is 11.8 Å². The molecule has 0 saturated heterocycles. The summed E-state index contributed by atoms with van der Waals surface area (Å²) in [7, 11) is 0. The van der Waals surface area contributed by atoms with Crippen molar-refractivity contribution in [2.24, 2.45) is 0 Å². The summed E-state index contributed by atoms with van der Waals surface area (Å²) in [6, 6.07) is 19.3. The fourth-order valence-corrected chi connectivity index (χ4v) is 3.48. The zero-order valence-corrected chi connectivity index (χ0v) is 18.5. The molecule has 1 aromatic heterocycles. The summed E-state index contributed by atoms with van der Waals surface area (Å²) >= 11 is 0. The number of hydrogen-bond acceptors (Lipinski definition) is 3. The Labute approximate surface area is 188 Å². The van der Waals surface area contributed by atoms with Gasteiger partial charge in [0.1, 0.15) is 11.6 Å². The van der Waals surface area contributed by atoms with E-state index < -0.39 is 0 Å².